The second-order valence-corrected chi connectivity index (χ2v) is 4.37. The molecule has 88 valence electrons. The normalized spacial score (nSPS) is 10.3. The van der Waals surface area contributed by atoms with Crippen molar-refractivity contribution in [3.63, 3.8) is 0 Å². The van der Waals surface area contributed by atoms with E-state index in [1.807, 2.05) is 4.57 Å². The molecule has 0 amide bonds. The summed E-state index contributed by atoms with van der Waals surface area (Å²) in [4.78, 5) is 0. The lowest BCUT2D eigenvalue weighted by atomic mass is 10.3. The van der Waals surface area contributed by atoms with Crippen LogP contribution < -0.4 is 5.73 Å². The van der Waals surface area contributed by atoms with E-state index in [0.29, 0.717) is 13.0 Å². The number of thioether (sulfide) groups is 1. The number of hydrogen-bond acceptors (Lipinski definition) is 5. The van der Waals surface area contributed by atoms with Crippen molar-refractivity contribution in [1.29, 1.82) is 5.26 Å². The third-order valence-corrected chi connectivity index (χ3v) is 3.26. The van der Waals surface area contributed by atoms with Gasteiger partial charge in [0.1, 0.15) is 5.82 Å². The van der Waals surface area contributed by atoms with Gasteiger partial charge in [-0.25, -0.2) is 0 Å². The van der Waals surface area contributed by atoms with Gasteiger partial charge in [-0.3, -0.25) is 0 Å². The van der Waals surface area contributed by atoms with Crippen molar-refractivity contribution < 1.29 is 0 Å². The van der Waals surface area contributed by atoms with Crippen LogP contribution in [0.15, 0.2) is 5.16 Å². The van der Waals surface area contributed by atoms with Crippen molar-refractivity contribution in [2.24, 2.45) is 5.73 Å². The fourth-order valence-electron chi connectivity index (χ4n) is 1.36. The molecule has 1 aromatic heterocycles. The fraction of sp³-hybridized carbons (Fsp3) is 0.700. The van der Waals surface area contributed by atoms with Crippen molar-refractivity contribution in [3.05, 3.63) is 5.82 Å². The third kappa shape index (κ3) is 3.51. The van der Waals surface area contributed by atoms with Crippen LogP contribution in [0.3, 0.4) is 0 Å². The smallest absolute Gasteiger partial charge is 0.191 e. The first-order valence-electron chi connectivity index (χ1n) is 5.45. The maximum absolute atomic E-state index is 8.40. The molecular weight excluding hydrogens is 222 g/mol. The van der Waals surface area contributed by atoms with Crippen LogP contribution in [0.2, 0.25) is 0 Å². The third-order valence-electron chi connectivity index (χ3n) is 2.21. The molecule has 0 aliphatic carbocycles. The Hall–Kier alpha value is -1.06. The highest BCUT2D eigenvalue weighted by Crippen LogP contribution is 2.18. The summed E-state index contributed by atoms with van der Waals surface area (Å²) in [7, 11) is 0. The molecule has 0 aliphatic rings. The lowest BCUT2D eigenvalue weighted by Gasteiger charge is -2.05. The summed E-state index contributed by atoms with van der Waals surface area (Å²) in [5, 5.41) is 17.5. The fourth-order valence-corrected chi connectivity index (χ4v) is 2.38. The Morgan fingerprint density at radius 2 is 2.25 bits per heavy atom. The van der Waals surface area contributed by atoms with E-state index < -0.39 is 0 Å². The number of nitrogens with two attached hydrogens (primary N) is 1. The van der Waals surface area contributed by atoms with Gasteiger partial charge in [0.2, 0.25) is 0 Å². The maximum atomic E-state index is 8.40. The molecule has 0 fully saturated rings. The summed E-state index contributed by atoms with van der Waals surface area (Å²) in [6, 6.07) is 2.14. The number of nitrogens with zero attached hydrogens (tertiary/aromatic N) is 4. The molecule has 0 bridgehead atoms. The summed E-state index contributed by atoms with van der Waals surface area (Å²) in [5.41, 5.74) is 5.57. The minimum absolute atomic E-state index is 0.426. The summed E-state index contributed by atoms with van der Waals surface area (Å²) in [5.74, 6) is 1.81. The van der Waals surface area contributed by atoms with E-state index in [2.05, 4.69) is 23.2 Å². The second-order valence-electron chi connectivity index (χ2n) is 3.31. The number of nitriles is 1. The SMILES string of the molecule is CCn1c(CN)nnc1SCCCCC#N. The van der Waals surface area contributed by atoms with Crippen molar-refractivity contribution in [2.45, 2.75) is 44.4 Å². The molecule has 16 heavy (non-hydrogen) atoms. The van der Waals surface area contributed by atoms with Crippen LogP contribution in [0.25, 0.3) is 0 Å². The van der Waals surface area contributed by atoms with Crippen molar-refractivity contribution in [2.75, 3.05) is 5.75 Å². The van der Waals surface area contributed by atoms with Gasteiger partial charge in [-0.05, 0) is 19.8 Å². The molecule has 5 nitrogen and oxygen atoms in total. The highest BCUT2D eigenvalue weighted by atomic mass is 32.2. The Morgan fingerprint density at radius 1 is 1.44 bits per heavy atom. The monoisotopic (exact) mass is 239 g/mol. The first-order chi connectivity index (χ1) is 7.83. The van der Waals surface area contributed by atoms with Gasteiger partial charge in [-0.1, -0.05) is 11.8 Å². The second kappa shape index (κ2) is 7.25. The number of hydrogen-bond donors (Lipinski definition) is 1. The van der Waals surface area contributed by atoms with Crippen LogP contribution in [0.1, 0.15) is 32.0 Å². The molecule has 0 saturated heterocycles. The van der Waals surface area contributed by atoms with Crippen molar-refractivity contribution in [1.82, 2.24) is 14.8 Å². The average Bonchev–Trinajstić information content (AvgIpc) is 2.71. The Balaban J connectivity index is 2.42. The van der Waals surface area contributed by atoms with E-state index in [1.165, 1.54) is 0 Å². The van der Waals surface area contributed by atoms with Crippen LogP contribution in [-0.4, -0.2) is 20.5 Å². The predicted octanol–water partition coefficient (Wildman–Crippen LogP) is 1.54. The number of rotatable bonds is 7. The van der Waals surface area contributed by atoms with E-state index in [0.717, 1.165) is 36.1 Å². The predicted molar refractivity (Wildman–Crippen MR) is 63.8 cm³/mol. The zero-order chi connectivity index (χ0) is 11.8. The van der Waals surface area contributed by atoms with Gasteiger partial charge in [-0.2, -0.15) is 5.26 Å². The average molecular weight is 239 g/mol. The van der Waals surface area contributed by atoms with Crippen LogP contribution in [-0.2, 0) is 13.1 Å². The van der Waals surface area contributed by atoms with Gasteiger partial charge < -0.3 is 10.3 Å². The summed E-state index contributed by atoms with van der Waals surface area (Å²) in [6.45, 7) is 3.33. The summed E-state index contributed by atoms with van der Waals surface area (Å²) in [6.07, 6.45) is 2.62. The Morgan fingerprint density at radius 3 is 2.88 bits per heavy atom. The highest BCUT2D eigenvalue weighted by Gasteiger charge is 2.08. The standard InChI is InChI=1S/C10H17N5S/c1-2-15-9(8-12)13-14-10(15)16-7-5-3-4-6-11/h2-5,7-8,12H2,1H3. The molecule has 2 N–H and O–H groups in total. The lowest BCUT2D eigenvalue weighted by Crippen LogP contribution is -2.08. The van der Waals surface area contributed by atoms with Gasteiger partial charge in [0.05, 0.1) is 12.6 Å². The molecule has 0 unspecified atom stereocenters. The first kappa shape index (κ1) is 13.0. The molecule has 0 aliphatic heterocycles. The molecule has 0 saturated carbocycles. The molecule has 1 aromatic rings. The van der Waals surface area contributed by atoms with E-state index >= 15 is 0 Å². The Labute approximate surface area is 100 Å². The molecule has 1 rings (SSSR count). The Kier molecular flexibility index (Phi) is 5.90. The first-order valence-corrected chi connectivity index (χ1v) is 6.44. The molecule has 0 aromatic carbocycles. The largest absolute Gasteiger partial charge is 0.324 e. The molecule has 0 spiro atoms. The summed E-state index contributed by atoms with van der Waals surface area (Å²) >= 11 is 1.68. The van der Waals surface area contributed by atoms with Crippen molar-refractivity contribution in [3.8, 4) is 6.07 Å². The molecular formula is C10H17N5S. The van der Waals surface area contributed by atoms with Crippen LogP contribution in [0, 0.1) is 11.3 Å². The molecule has 1 heterocycles. The van der Waals surface area contributed by atoms with E-state index in [9.17, 15) is 0 Å². The molecule has 0 atom stereocenters. The molecule has 0 radical (unpaired) electrons. The minimum Gasteiger partial charge on any atom is -0.324 e. The van der Waals surface area contributed by atoms with Crippen LogP contribution in [0.5, 0.6) is 0 Å². The topological polar surface area (TPSA) is 80.5 Å². The van der Waals surface area contributed by atoms with Gasteiger partial charge in [0.15, 0.2) is 5.16 Å². The van der Waals surface area contributed by atoms with Gasteiger partial charge in [0.25, 0.3) is 0 Å². The van der Waals surface area contributed by atoms with Gasteiger partial charge >= 0.3 is 0 Å². The lowest BCUT2D eigenvalue weighted by molar-refractivity contribution is 0.642. The maximum Gasteiger partial charge on any atom is 0.191 e. The van der Waals surface area contributed by atoms with Crippen molar-refractivity contribution >= 4 is 11.8 Å². The van der Waals surface area contributed by atoms with E-state index in [4.69, 9.17) is 11.0 Å². The van der Waals surface area contributed by atoms with E-state index in [1.54, 1.807) is 11.8 Å². The van der Waals surface area contributed by atoms with Gasteiger partial charge in [-0.15, -0.1) is 10.2 Å². The van der Waals surface area contributed by atoms with Gasteiger partial charge in [0, 0.05) is 18.7 Å². The van der Waals surface area contributed by atoms with E-state index in [-0.39, 0.29) is 0 Å². The molecule has 6 heteroatoms. The zero-order valence-corrected chi connectivity index (χ0v) is 10.3. The highest BCUT2D eigenvalue weighted by molar-refractivity contribution is 7.99. The van der Waals surface area contributed by atoms with Crippen LogP contribution in [0.4, 0.5) is 0 Å². The Bertz CT molecular complexity index is 355. The summed E-state index contributed by atoms with van der Waals surface area (Å²) < 4.78 is 2.04. The number of aromatic nitrogens is 3. The number of unbranched alkanes of at least 4 members (excludes halogenated alkanes) is 2. The zero-order valence-electron chi connectivity index (χ0n) is 9.52. The quantitative estimate of drug-likeness (QED) is 0.576. The minimum atomic E-state index is 0.426. The van der Waals surface area contributed by atoms with Crippen LogP contribution >= 0.6 is 11.8 Å².